The maximum atomic E-state index is 12.8. The first-order chi connectivity index (χ1) is 16.0. The lowest BCUT2D eigenvalue weighted by Crippen LogP contribution is -2.18. The van der Waals surface area contributed by atoms with E-state index >= 15 is 0 Å². The van der Waals surface area contributed by atoms with Crippen LogP contribution in [0.4, 0.5) is 17.1 Å². The number of anilines is 3. The Bertz CT molecular complexity index is 1300. The van der Waals surface area contributed by atoms with Crippen molar-refractivity contribution >= 4 is 46.1 Å². The minimum atomic E-state index is -0.359. The van der Waals surface area contributed by atoms with Crippen LogP contribution in [0.5, 0.6) is 0 Å². The van der Waals surface area contributed by atoms with Crippen LogP contribution in [0.1, 0.15) is 36.0 Å². The van der Waals surface area contributed by atoms with Crippen LogP contribution in [-0.4, -0.2) is 17.7 Å². The standard InChI is InChI=1S/C26H21N3O3S/c1-17-6-4-7-20(16-17)28-25(31)21-8-2-3-9-22(21)29-24(30)18-11-13-19(14-12-18)27-26(32)23-10-5-15-33-23/h2-16H,1H3,(H,27,32)(H,28,31)(H,29,30). The van der Waals surface area contributed by atoms with Gasteiger partial charge in [0.1, 0.15) is 0 Å². The van der Waals surface area contributed by atoms with E-state index in [0.29, 0.717) is 33.1 Å². The number of benzene rings is 3. The first-order valence-electron chi connectivity index (χ1n) is 10.2. The minimum Gasteiger partial charge on any atom is -0.322 e. The van der Waals surface area contributed by atoms with E-state index in [4.69, 9.17) is 0 Å². The van der Waals surface area contributed by atoms with Gasteiger partial charge in [-0.25, -0.2) is 0 Å². The van der Waals surface area contributed by atoms with Crippen LogP contribution in [0.15, 0.2) is 90.3 Å². The van der Waals surface area contributed by atoms with Gasteiger partial charge in [0.05, 0.1) is 16.1 Å². The predicted molar refractivity (Wildman–Crippen MR) is 132 cm³/mol. The van der Waals surface area contributed by atoms with Crippen LogP contribution in [0.25, 0.3) is 0 Å². The zero-order chi connectivity index (χ0) is 23.2. The van der Waals surface area contributed by atoms with E-state index in [-0.39, 0.29) is 17.7 Å². The molecule has 7 heteroatoms. The summed E-state index contributed by atoms with van der Waals surface area (Å²) in [5, 5.41) is 10.3. The molecule has 3 aromatic carbocycles. The molecule has 0 atom stereocenters. The number of rotatable bonds is 6. The summed E-state index contributed by atoms with van der Waals surface area (Å²) in [6.45, 7) is 1.95. The Hall–Kier alpha value is -4.23. The van der Waals surface area contributed by atoms with Crippen LogP contribution in [0.2, 0.25) is 0 Å². The third-order valence-electron chi connectivity index (χ3n) is 4.85. The molecule has 164 valence electrons. The van der Waals surface area contributed by atoms with Crippen molar-refractivity contribution in [3.05, 3.63) is 112 Å². The molecule has 0 unspecified atom stereocenters. The third-order valence-corrected chi connectivity index (χ3v) is 5.71. The Morgan fingerprint density at radius 1 is 0.667 bits per heavy atom. The highest BCUT2D eigenvalue weighted by molar-refractivity contribution is 7.12. The summed E-state index contributed by atoms with van der Waals surface area (Å²) in [5.74, 6) is -0.874. The molecule has 3 amide bonds. The van der Waals surface area contributed by atoms with Gasteiger partial charge in [-0.1, -0.05) is 30.3 Å². The minimum absolute atomic E-state index is 0.198. The quantitative estimate of drug-likeness (QED) is 0.343. The van der Waals surface area contributed by atoms with Crippen molar-refractivity contribution in [3.8, 4) is 0 Å². The summed E-state index contributed by atoms with van der Waals surface area (Å²) in [4.78, 5) is 38.4. The summed E-state index contributed by atoms with van der Waals surface area (Å²) in [6, 6.07) is 24.4. The van der Waals surface area contributed by atoms with E-state index in [1.54, 1.807) is 54.6 Å². The van der Waals surface area contributed by atoms with Gasteiger partial charge in [-0.05, 0) is 72.5 Å². The first kappa shape index (κ1) is 22.0. The number of para-hydroxylation sites is 1. The van der Waals surface area contributed by atoms with Crippen molar-refractivity contribution < 1.29 is 14.4 Å². The summed E-state index contributed by atoms with van der Waals surface area (Å²) in [5.41, 5.74) is 3.46. The highest BCUT2D eigenvalue weighted by Crippen LogP contribution is 2.20. The average Bonchev–Trinajstić information content (AvgIpc) is 3.35. The second kappa shape index (κ2) is 9.93. The van der Waals surface area contributed by atoms with Gasteiger partial charge in [-0.2, -0.15) is 0 Å². The molecule has 0 spiro atoms. The second-order valence-corrected chi connectivity index (χ2v) is 8.28. The number of hydrogen-bond acceptors (Lipinski definition) is 4. The number of aryl methyl sites for hydroxylation is 1. The Kier molecular flexibility index (Phi) is 6.61. The topological polar surface area (TPSA) is 87.3 Å². The molecule has 0 bridgehead atoms. The molecule has 0 aliphatic rings. The summed E-state index contributed by atoms with van der Waals surface area (Å²) in [7, 11) is 0. The lowest BCUT2D eigenvalue weighted by molar-refractivity contribution is 0.101. The van der Waals surface area contributed by atoms with Gasteiger partial charge in [0.2, 0.25) is 0 Å². The zero-order valence-electron chi connectivity index (χ0n) is 17.8. The van der Waals surface area contributed by atoms with Crippen molar-refractivity contribution in [1.29, 1.82) is 0 Å². The number of thiophene rings is 1. The molecular formula is C26H21N3O3S. The van der Waals surface area contributed by atoms with Gasteiger partial charge in [-0.15, -0.1) is 11.3 Å². The van der Waals surface area contributed by atoms with Crippen molar-refractivity contribution in [2.45, 2.75) is 6.92 Å². The highest BCUT2D eigenvalue weighted by atomic mass is 32.1. The van der Waals surface area contributed by atoms with Crippen molar-refractivity contribution in [3.63, 3.8) is 0 Å². The predicted octanol–water partition coefficient (Wildman–Crippen LogP) is 5.81. The van der Waals surface area contributed by atoms with Crippen LogP contribution in [0.3, 0.4) is 0 Å². The molecule has 1 aromatic heterocycles. The van der Waals surface area contributed by atoms with E-state index in [2.05, 4.69) is 16.0 Å². The number of carbonyl (C=O) groups excluding carboxylic acids is 3. The van der Waals surface area contributed by atoms with Crippen molar-refractivity contribution in [2.75, 3.05) is 16.0 Å². The Balaban J connectivity index is 1.44. The van der Waals surface area contributed by atoms with Gasteiger partial charge in [0.25, 0.3) is 17.7 Å². The third kappa shape index (κ3) is 5.53. The van der Waals surface area contributed by atoms with Crippen molar-refractivity contribution in [2.24, 2.45) is 0 Å². The summed E-state index contributed by atoms with van der Waals surface area (Å²) in [6.07, 6.45) is 0. The van der Waals surface area contributed by atoms with E-state index < -0.39 is 0 Å². The normalized spacial score (nSPS) is 10.3. The number of amides is 3. The fourth-order valence-electron chi connectivity index (χ4n) is 3.21. The first-order valence-corrected chi connectivity index (χ1v) is 11.1. The molecule has 4 aromatic rings. The number of nitrogens with one attached hydrogen (secondary N) is 3. The maximum absolute atomic E-state index is 12.8. The van der Waals surface area contributed by atoms with E-state index in [1.165, 1.54) is 11.3 Å². The monoisotopic (exact) mass is 455 g/mol. The van der Waals surface area contributed by atoms with Crippen LogP contribution in [-0.2, 0) is 0 Å². The molecule has 4 rings (SSSR count). The SMILES string of the molecule is Cc1cccc(NC(=O)c2ccccc2NC(=O)c2ccc(NC(=O)c3cccs3)cc2)c1. The smallest absolute Gasteiger partial charge is 0.265 e. The molecule has 6 nitrogen and oxygen atoms in total. The molecule has 0 aliphatic heterocycles. The van der Waals surface area contributed by atoms with Crippen LogP contribution < -0.4 is 16.0 Å². The molecule has 0 saturated heterocycles. The van der Waals surface area contributed by atoms with Crippen molar-refractivity contribution in [1.82, 2.24) is 0 Å². The molecule has 33 heavy (non-hydrogen) atoms. The molecule has 3 N–H and O–H groups in total. The average molecular weight is 456 g/mol. The van der Waals surface area contributed by atoms with Gasteiger partial charge < -0.3 is 16.0 Å². The van der Waals surface area contributed by atoms with Gasteiger partial charge in [0, 0.05) is 16.9 Å². The van der Waals surface area contributed by atoms with Gasteiger partial charge in [-0.3, -0.25) is 14.4 Å². The summed E-state index contributed by atoms with van der Waals surface area (Å²) >= 11 is 1.36. The highest BCUT2D eigenvalue weighted by Gasteiger charge is 2.15. The van der Waals surface area contributed by atoms with E-state index in [0.717, 1.165) is 5.56 Å². The molecule has 0 saturated carbocycles. The fraction of sp³-hybridized carbons (Fsp3) is 0.0385. The molecular weight excluding hydrogens is 434 g/mol. The molecule has 1 heterocycles. The van der Waals surface area contributed by atoms with E-state index in [9.17, 15) is 14.4 Å². The summed E-state index contributed by atoms with van der Waals surface area (Å²) < 4.78 is 0. The van der Waals surface area contributed by atoms with Crippen LogP contribution in [0, 0.1) is 6.92 Å². The Labute approximate surface area is 195 Å². The maximum Gasteiger partial charge on any atom is 0.265 e. The second-order valence-electron chi connectivity index (χ2n) is 7.33. The fourth-order valence-corrected chi connectivity index (χ4v) is 3.83. The largest absolute Gasteiger partial charge is 0.322 e. The van der Waals surface area contributed by atoms with Crippen LogP contribution >= 0.6 is 11.3 Å². The van der Waals surface area contributed by atoms with Gasteiger partial charge in [0.15, 0.2) is 0 Å². The molecule has 0 radical (unpaired) electrons. The van der Waals surface area contributed by atoms with E-state index in [1.807, 2.05) is 42.6 Å². The molecule has 0 fully saturated rings. The Morgan fingerprint density at radius 3 is 2.15 bits per heavy atom. The lowest BCUT2D eigenvalue weighted by atomic mass is 10.1. The number of carbonyl (C=O) groups is 3. The molecule has 0 aliphatic carbocycles. The zero-order valence-corrected chi connectivity index (χ0v) is 18.6. The number of hydrogen-bond donors (Lipinski definition) is 3. The lowest BCUT2D eigenvalue weighted by Gasteiger charge is -2.12. The Morgan fingerprint density at radius 2 is 1.42 bits per heavy atom. The van der Waals surface area contributed by atoms with Gasteiger partial charge >= 0.3 is 0 Å².